The summed E-state index contributed by atoms with van der Waals surface area (Å²) in [6, 6.07) is 3.81. The molecule has 1 aromatic rings. The molecule has 0 aromatic carbocycles. The lowest BCUT2D eigenvalue weighted by Crippen LogP contribution is -2.41. The Hall–Kier alpha value is -0.430. The predicted molar refractivity (Wildman–Crippen MR) is 82.0 cm³/mol. The zero-order valence-electron chi connectivity index (χ0n) is 12.1. The minimum absolute atomic E-state index is 0.112. The minimum Gasteiger partial charge on any atom is -0.315 e. The van der Waals surface area contributed by atoms with Gasteiger partial charge in [-0.25, -0.2) is 8.42 Å². The summed E-state index contributed by atoms with van der Waals surface area (Å²) in [5.41, 5.74) is 0. The van der Waals surface area contributed by atoms with Crippen molar-refractivity contribution in [2.75, 3.05) is 20.1 Å². The molecule has 0 bridgehead atoms. The van der Waals surface area contributed by atoms with E-state index < -0.39 is 15.3 Å². The van der Waals surface area contributed by atoms with Crippen molar-refractivity contribution in [3.05, 3.63) is 22.4 Å². The van der Waals surface area contributed by atoms with E-state index >= 15 is 0 Å². The molecular weight excluding hydrogens is 280 g/mol. The fourth-order valence-electron chi connectivity index (χ4n) is 1.80. The van der Waals surface area contributed by atoms with Crippen LogP contribution in [0, 0.1) is 0 Å². The first kappa shape index (κ1) is 16.6. The van der Waals surface area contributed by atoms with Crippen LogP contribution in [0.4, 0.5) is 0 Å². The summed E-state index contributed by atoms with van der Waals surface area (Å²) < 4.78 is 26.4. The van der Waals surface area contributed by atoms with Gasteiger partial charge in [0.05, 0.1) is 11.3 Å². The molecule has 19 heavy (non-hydrogen) atoms. The fraction of sp³-hybridized carbons (Fsp3) is 0.692. The molecule has 0 amide bonds. The van der Waals surface area contributed by atoms with Gasteiger partial charge < -0.3 is 5.32 Å². The molecule has 0 spiro atoms. The average Bonchev–Trinajstić information content (AvgIpc) is 2.90. The standard InChI is InChI=1S/C13H24N2O2S2/c1-5-8-14-10-11(2)19(16,17)15(4)12(3)13-7-6-9-18-13/h6-7,9,11-12,14H,5,8,10H2,1-4H3. The van der Waals surface area contributed by atoms with E-state index in [0.29, 0.717) is 6.54 Å². The van der Waals surface area contributed by atoms with Gasteiger partial charge in [0.15, 0.2) is 0 Å². The van der Waals surface area contributed by atoms with Crippen LogP contribution in [0.3, 0.4) is 0 Å². The van der Waals surface area contributed by atoms with Crippen molar-refractivity contribution in [2.24, 2.45) is 0 Å². The molecule has 1 aromatic heterocycles. The molecule has 4 nitrogen and oxygen atoms in total. The third kappa shape index (κ3) is 4.27. The molecule has 0 aliphatic heterocycles. The van der Waals surface area contributed by atoms with Crippen LogP contribution in [0.15, 0.2) is 17.5 Å². The van der Waals surface area contributed by atoms with Gasteiger partial charge in [0.25, 0.3) is 0 Å². The van der Waals surface area contributed by atoms with Crippen molar-refractivity contribution in [3.63, 3.8) is 0 Å². The molecule has 0 saturated heterocycles. The van der Waals surface area contributed by atoms with E-state index in [9.17, 15) is 8.42 Å². The van der Waals surface area contributed by atoms with Crippen molar-refractivity contribution < 1.29 is 8.42 Å². The molecule has 2 unspecified atom stereocenters. The Kier molecular flexibility index (Phi) is 6.46. The number of nitrogens with zero attached hydrogens (tertiary/aromatic N) is 1. The van der Waals surface area contributed by atoms with Crippen LogP contribution >= 0.6 is 11.3 Å². The second-order valence-corrected chi connectivity index (χ2v) is 8.16. The Balaban J connectivity index is 2.70. The van der Waals surface area contributed by atoms with Crippen LogP contribution in [0.5, 0.6) is 0 Å². The maximum absolute atomic E-state index is 12.5. The Bertz CT molecular complexity index is 457. The molecule has 0 radical (unpaired) electrons. The first-order valence-electron chi connectivity index (χ1n) is 6.62. The van der Waals surface area contributed by atoms with Gasteiger partial charge in [0.2, 0.25) is 10.0 Å². The summed E-state index contributed by atoms with van der Waals surface area (Å²) >= 11 is 1.59. The lowest BCUT2D eigenvalue weighted by molar-refractivity contribution is 0.395. The van der Waals surface area contributed by atoms with Crippen molar-refractivity contribution in [1.82, 2.24) is 9.62 Å². The van der Waals surface area contributed by atoms with Crippen molar-refractivity contribution in [1.29, 1.82) is 0 Å². The predicted octanol–water partition coefficient (Wildman–Crippen LogP) is 2.46. The number of sulfonamides is 1. The lowest BCUT2D eigenvalue weighted by atomic mass is 10.3. The van der Waals surface area contributed by atoms with Gasteiger partial charge in [-0.2, -0.15) is 4.31 Å². The summed E-state index contributed by atoms with van der Waals surface area (Å²) in [5.74, 6) is 0. The highest BCUT2D eigenvalue weighted by molar-refractivity contribution is 7.89. The van der Waals surface area contributed by atoms with Gasteiger partial charge in [0.1, 0.15) is 0 Å². The molecule has 6 heteroatoms. The van der Waals surface area contributed by atoms with Gasteiger partial charge in [-0.15, -0.1) is 11.3 Å². The smallest absolute Gasteiger partial charge is 0.218 e. The second kappa shape index (κ2) is 7.38. The number of thiophene rings is 1. The maximum atomic E-state index is 12.5. The molecule has 0 aliphatic carbocycles. The molecule has 0 fully saturated rings. The Morgan fingerprint density at radius 1 is 1.42 bits per heavy atom. The van der Waals surface area contributed by atoms with Crippen LogP contribution in [0.2, 0.25) is 0 Å². The molecule has 0 aliphatic rings. The summed E-state index contributed by atoms with van der Waals surface area (Å²) in [4.78, 5) is 1.07. The second-order valence-electron chi connectivity index (χ2n) is 4.77. The molecule has 110 valence electrons. The normalized spacial score (nSPS) is 15.6. The monoisotopic (exact) mass is 304 g/mol. The third-order valence-corrected chi connectivity index (χ3v) is 6.61. The summed E-state index contributed by atoms with van der Waals surface area (Å²) in [5, 5.41) is 4.73. The van der Waals surface area contributed by atoms with Gasteiger partial charge >= 0.3 is 0 Å². The quantitative estimate of drug-likeness (QED) is 0.751. The molecular formula is C13H24N2O2S2. The van der Waals surface area contributed by atoms with Crippen LogP contribution in [-0.2, 0) is 10.0 Å². The fourth-order valence-corrected chi connectivity index (χ4v) is 4.14. The molecule has 2 atom stereocenters. The van der Waals surface area contributed by atoms with Crippen LogP contribution in [0.1, 0.15) is 38.1 Å². The van der Waals surface area contributed by atoms with Crippen LogP contribution < -0.4 is 5.32 Å². The first-order chi connectivity index (χ1) is 8.91. The number of hydrogen-bond donors (Lipinski definition) is 1. The molecule has 1 rings (SSSR count). The maximum Gasteiger partial charge on any atom is 0.218 e. The SMILES string of the molecule is CCCNCC(C)S(=O)(=O)N(C)C(C)c1cccs1. The van der Waals surface area contributed by atoms with Gasteiger partial charge in [0, 0.05) is 18.5 Å². The van der Waals surface area contributed by atoms with E-state index in [0.717, 1.165) is 17.8 Å². The molecule has 1 heterocycles. The van der Waals surface area contributed by atoms with E-state index in [4.69, 9.17) is 0 Å². The van der Waals surface area contributed by atoms with E-state index in [-0.39, 0.29) is 6.04 Å². The minimum atomic E-state index is -3.27. The number of rotatable bonds is 8. The summed E-state index contributed by atoms with van der Waals surface area (Å²) in [6.07, 6.45) is 1.01. The van der Waals surface area contributed by atoms with E-state index in [2.05, 4.69) is 12.2 Å². The lowest BCUT2D eigenvalue weighted by Gasteiger charge is -2.27. The highest BCUT2D eigenvalue weighted by atomic mass is 32.2. The Morgan fingerprint density at radius 2 is 2.11 bits per heavy atom. The third-order valence-electron chi connectivity index (χ3n) is 3.27. The molecule has 0 saturated carbocycles. The zero-order chi connectivity index (χ0) is 14.5. The summed E-state index contributed by atoms with van der Waals surface area (Å²) in [7, 11) is -1.60. The zero-order valence-corrected chi connectivity index (χ0v) is 13.7. The Labute approximate surface area is 120 Å². The van der Waals surface area contributed by atoms with E-state index in [1.54, 1.807) is 25.3 Å². The van der Waals surface area contributed by atoms with Gasteiger partial charge in [-0.05, 0) is 38.3 Å². The number of hydrogen-bond acceptors (Lipinski definition) is 4. The van der Waals surface area contributed by atoms with Crippen molar-refractivity contribution in [3.8, 4) is 0 Å². The average molecular weight is 304 g/mol. The first-order valence-corrected chi connectivity index (χ1v) is 9.00. The molecule has 1 N–H and O–H groups in total. The highest BCUT2D eigenvalue weighted by Gasteiger charge is 2.29. The highest BCUT2D eigenvalue weighted by Crippen LogP contribution is 2.26. The van der Waals surface area contributed by atoms with Gasteiger partial charge in [-0.1, -0.05) is 13.0 Å². The topological polar surface area (TPSA) is 49.4 Å². The van der Waals surface area contributed by atoms with E-state index in [1.807, 2.05) is 24.4 Å². The van der Waals surface area contributed by atoms with Gasteiger partial charge in [-0.3, -0.25) is 0 Å². The number of nitrogens with one attached hydrogen (secondary N) is 1. The van der Waals surface area contributed by atoms with E-state index in [1.165, 1.54) is 4.31 Å². The van der Waals surface area contributed by atoms with Crippen LogP contribution in [-0.4, -0.2) is 38.1 Å². The van der Waals surface area contributed by atoms with Crippen molar-refractivity contribution >= 4 is 21.4 Å². The Morgan fingerprint density at radius 3 is 2.63 bits per heavy atom. The largest absolute Gasteiger partial charge is 0.315 e. The summed E-state index contributed by atoms with van der Waals surface area (Å²) in [6.45, 7) is 7.10. The van der Waals surface area contributed by atoms with Crippen LogP contribution in [0.25, 0.3) is 0 Å². The van der Waals surface area contributed by atoms with Crippen molar-refractivity contribution in [2.45, 2.75) is 38.5 Å².